The molecule has 0 heterocycles. The predicted octanol–water partition coefficient (Wildman–Crippen LogP) is 2.23. The fraction of sp³-hybridized carbons (Fsp3) is 0.273. The van der Waals surface area contributed by atoms with Crippen LogP contribution >= 0.6 is 11.6 Å². The highest BCUT2D eigenvalue weighted by Gasteiger charge is 2.00. The van der Waals surface area contributed by atoms with Gasteiger partial charge in [0.2, 0.25) is 0 Å². The van der Waals surface area contributed by atoms with Gasteiger partial charge in [-0.2, -0.15) is 5.10 Å². The molecule has 0 unspecified atom stereocenters. The first-order valence-electron chi connectivity index (χ1n) is 4.91. The number of hydrogen-bond acceptors (Lipinski definition) is 3. The molecular formula is C11H13ClN2O2. The third-order valence-electron chi connectivity index (χ3n) is 1.65. The molecule has 0 fully saturated rings. The van der Waals surface area contributed by atoms with E-state index in [1.807, 2.05) is 6.92 Å². The van der Waals surface area contributed by atoms with Crippen LogP contribution in [-0.2, 0) is 4.79 Å². The van der Waals surface area contributed by atoms with Gasteiger partial charge in [-0.15, -0.1) is 0 Å². The van der Waals surface area contributed by atoms with Crippen molar-refractivity contribution in [2.24, 2.45) is 5.10 Å². The van der Waals surface area contributed by atoms with E-state index in [0.29, 0.717) is 10.8 Å². The van der Waals surface area contributed by atoms with Crippen molar-refractivity contribution in [1.29, 1.82) is 0 Å². The molecule has 0 aromatic heterocycles. The number of halogens is 1. The van der Waals surface area contributed by atoms with Crippen LogP contribution in [0.3, 0.4) is 0 Å². The van der Waals surface area contributed by atoms with Gasteiger partial charge in [-0.05, 0) is 30.7 Å². The first-order valence-corrected chi connectivity index (χ1v) is 5.29. The maximum Gasteiger partial charge on any atom is 0.277 e. The molecule has 1 aromatic carbocycles. The third-order valence-corrected chi connectivity index (χ3v) is 1.90. The summed E-state index contributed by atoms with van der Waals surface area (Å²) in [5, 5.41) is 4.32. The largest absolute Gasteiger partial charge is 0.484 e. The van der Waals surface area contributed by atoms with Gasteiger partial charge in [0.05, 0.1) is 0 Å². The van der Waals surface area contributed by atoms with E-state index in [1.54, 1.807) is 30.5 Å². The molecule has 0 saturated carbocycles. The average Bonchev–Trinajstić information content (AvgIpc) is 2.29. The molecule has 0 aliphatic heterocycles. The lowest BCUT2D eigenvalue weighted by molar-refractivity contribution is -0.123. The predicted molar refractivity (Wildman–Crippen MR) is 63.9 cm³/mol. The van der Waals surface area contributed by atoms with Crippen LogP contribution in [-0.4, -0.2) is 18.7 Å². The molecule has 0 bridgehead atoms. The van der Waals surface area contributed by atoms with Gasteiger partial charge in [0, 0.05) is 11.2 Å². The van der Waals surface area contributed by atoms with Gasteiger partial charge in [-0.1, -0.05) is 18.5 Å². The minimum absolute atomic E-state index is 0.0668. The molecule has 16 heavy (non-hydrogen) atoms. The van der Waals surface area contributed by atoms with Crippen LogP contribution in [0.4, 0.5) is 0 Å². The van der Waals surface area contributed by atoms with Crippen molar-refractivity contribution in [1.82, 2.24) is 5.43 Å². The zero-order valence-corrected chi connectivity index (χ0v) is 9.70. The Morgan fingerprint density at radius 2 is 2.19 bits per heavy atom. The van der Waals surface area contributed by atoms with Crippen LogP contribution in [0.25, 0.3) is 0 Å². The summed E-state index contributed by atoms with van der Waals surface area (Å²) in [6.45, 7) is 1.86. The molecule has 0 saturated heterocycles. The van der Waals surface area contributed by atoms with Gasteiger partial charge in [-0.3, -0.25) is 4.79 Å². The fourth-order valence-corrected chi connectivity index (χ4v) is 1.05. The lowest BCUT2D eigenvalue weighted by atomic mass is 10.3. The monoisotopic (exact) mass is 240 g/mol. The van der Waals surface area contributed by atoms with Crippen molar-refractivity contribution in [2.45, 2.75) is 13.3 Å². The number of amides is 1. The molecule has 0 spiro atoms. The van der Waals surface area contributed by atoms with Gasteiger partial charge < -0.3 is 4.74 Å². The molecule has 1 rings (SSSR count). The van der Waals surface area contributed by atoms with Crippen molar-refractivity contribution in [2.75, 3.05) is 6.61 Å². The second kappa shape index (κ2) is 6.85. The summed E-state index contributed by atoms with van der Waals surface area (Å²) >= 11 is 5.70. The van der Waals surface area contributed by atoms with Gasteiger partial charge in [0.25, 0.3) is 5.91 Å². The van der Waals surface area contributed by atoms with Gasteiger partial charge in [0.1, 0.15) is 5.75 Å². The Balaban J connectivity index is 2.31. The summed E-state index contributed by atoms with van der Waals surface area (Å²) in [5.41, 5.74) is 2.34. The molecule has 0 radical (unpaired) electrons. The maximum absolute atomic E-state index is 11.2. The third kappa shape index (κ3) is 4.79. The number of nitrogens with zero attached hydrogens (tertiary/aromatic N) is 1. The minimum Gasteiger partial charge on any atom is -0.484 e. The Kier molecular flexibility index (Phi) is 5.36. The average molecular weight is 241 g/mol. The SMILES string of the molecule is CCC=NNC(=O)COc1ccc(Cl)cc1. The number of nitrogens with one attached hydrogen (secondary N) is 1. The zero-order chi connectivity index (χ0) is 11.8. The zero-order valence-electron chi connectivity index (χ0n) is 8.94. The van der Waals surface area contributed by atoms with Crippen LogP contribution in [0.5, 0.6) is 5.75 Å². The number of carbonyl (C=O) groups is 1. The van der Waals surface area contributed by atoms with Crippen LogP contribution < -0.4 is 10.2 Å². The summed E-state index contributed by atoms with van der Waals surface area (Å²) in [5.74, 6) is 0.304. The first kappa shape index (κ1) is 12.5. The number of carbonyl (C=O) groups excluding carboxylic acids is 1. The highest BCUT2D eigenvalue weighted by molar-refractivity contribution is 6.30. The van der Waals surface area contributed by atoms with Crippen molar-refractivity contribution < 1.29 is 9.53 Å². The molecule has 1 aromatic rings. The Morgan fingerprint density at radius 3 is 2.81 bits per heavy atom. The highest BCUT2D eigenvalue weighted by Crippen LogP contribution is 2.15. The fourth-order valence-electron chi connectivity index (χ4n) is 0.921. The van der Waals surface area contributed by atoms with E-state index < -0.39 is 0 Å². The molecular weight excluding hydrogens is 228 g/mol. The van der Waals surface area contributed by atoms with Crippen molar-refractivity contribution in [3.63, 3.8) is 0 Å². The van der Waals surface area contributed by atoms with Crippen LogP contribution in [0.2, 0.25) is 5.02 Å². The topological polar surface area (TPSA) is 50.7 Å². The van der Waals surface area contributed by atoms with Crippen LogP contribution in [0.15, 0.2) is 29.4 Å². The quantitative estimate of drug-likeness (QED) is 0.634. The molecule has 5 heteroatoms. The number of hydrazone groups is 1. The Labute approximate surface area is 99.2 Å². The minimum atomic E-state index is -0.292. The second-order valence-corrected chi connectivity index (χ2v) is 3.43. The van der Waals surface area contributed by atoms with Crippen LogP contribution in [0, 0.1) is 0 Å². The molecule has 0 aliphatic rings. The van der Waals surface area contributed by atoms with E-state index in [2.05, 4.69) is 10.5 Å². The number of rotatable bonds is 5. The van der Waals surface area contributed by atoms with E-state index >= 15 is 0 Å². The molecule has 4 nitrogen and oxygen atoms in total. The molecule has 1 amide bonds. The normalized spacial score (nSPS) is 10.4. The van der Waals surface area contributed by atoms with E-state index in [9.17, 15) is 4.79 Å². The van der Waals surface area contributed by atoms with Crippen LogP contribution in [0.1, 0.15) is 13.3 Å². The number of ether oxygens (including phenoxy) is 1. The van der Waals surface area contributed by atoms with Gasteiger partial charge >= 0.3 is 0 Å². The van der Waals surface area contributed by atoms with Crippen molar-refractivity contribution in [3.05, 3.63) is 29.3 Å². The Hall–Kier alpha value is -1.55. The van der Waals surface area contributed by atoms with Gasteiger partial charge in [-0.25, -0.2) is 5.43 Å². The van der Waals surface area contributed by atoms with E-state index in [0.717, 1.165) is 6.42 Å². The Bertz CT molecular complexity index is 363. The van der Waals surface area contributed by atoms with Crippen molar-refractivity contribution >= 4 is 23.7 Å². The summed E-state index contributed by atoms with van der Waals surface area (Å²) in [6, 6.07) is 6.80. The summed E-state index contributed by atoms with van der Waals surface area (Å²) < 4.78 is 5.21. The first-order chi connectivity index (χ1) is 7.72. The second-order valence-electron chi connectivity index (χ2n) is 3.00. The Morgan fingerprint density at radius 1 is 1.50 bits per heavy atom. The number of hydrogen-bond donors (Lipinski definition) is 1. The summed E-state index contributed by atoms with van der Waals surface area (Å²) in [7, 11) is 0. The maximum atomic E-state index is 11.2. The smallest absolute Gasteiger partial charge is 0.277 e. The highest BCUT2D eigenvalue weighted by atomic mass is 35.5. The van der Waals surface area contributed by atoms with Gasteiger partial charge in [0.15, 0.2) is 6.61 Å². The number of benzene rings is 1. The molecule has 86 valence electrons. The summed E-state index contributed by atoms with van der Waals surface area (Å²) in [4.78, 5) is 11.2. The van der Waals surface area contributed by atoms with Crippen molar-refractivity contribution in [3.8, 4) is 5.75 Å². The molecule has 0 atom stereocenters. The standard InChI is InChI=1S/C11H13ClN2O2/c1-2-7-13-14-11(15)8-16-10-5-3-9(12)4-6-10/h3-7H,2,8H2,1H3,(H,14,15). The van der Waals surface area contributed by atoms with E-state index in [-0.39, 0.29) is 12.5 Å². The molecule has 0 aliphatic carbocycles. The van der Waals surface area contributed by atoms with E-state index in [4.69, 9.17) is 16.3 Å². The molecule has 1 N–H and O–H groups in total. The van der Waals surface area contributed by atoms with E-state index in [1.165, 1.54) is 0 Å². The lowest BCUT2D eigenvalue weighted by Gasteiger charge is -2.04. The summed E-state index contributed by atoms with van der Waals surface area (Å²) in [6.07, 6.45) is 2.39. The lowest BCUT2D eigenvalue weighted by Crippen LogP contribution is -2.24.